The maximum absolute atomic E-state index is 11.1. The molecule has 0 radical (unpaired) electrons. The standard InChI is InChI=1S/C8H9N3O2S3/c12-16(13)4-1-6(5-16)10-7(14)11-8-9-2-3-15-8/h1-4,6H,5H2,(H2,9,10,11,14). The number of anilines is 1. The number of rotatable bonds is 2. The highest BCUT2D eigenvalue weighted by Crippen LogP contribution is 2.11. The quantitative estimate of drug-likeness (QED) is 0.776. The fourth-order valence-electron chi connectivity index (χ4n) is 1.25. The molecular weight excluding hydrogens is 266 g/mol. The SMILES string of the molecule is O=S1(=O)C=CC(NC(=S)Nc2nccs2)C1. The van der Waals surface area contributed by atoms with Crippen molar-refractivity contribution in [3.8, 4) is 0 Å². The van der Waals surface area contributed by atoms with Gasteiger partial charge in [-0.15, -0.1) is 11.3 Å². The highest BCUT2D eigenvalue weighted by atomic mass is 32.2. The fraction of sp³-hybridized carbons (Fsp3) is 0.250. The summed E-state index contributed by atoms with van der Waals surface area (Å²) in [5.74, 6) is 0.0483. The van der Waals surface area contributed by atoms with Crippen molar-refractivity contribution in [1.82, 2.24) is 10.3 Å². The van der Waals surface area contributed by atoms with Crippen molar-refractivity contribution in [3.63, 3.8) is 0 Å². The highest BCUT2D eigenvalue weighted by Gasteiger charge is 2.21. The smallest absolute Gasteiger partial charge is 0.188 e. The van der Waals surface area contributed by atoms with Crippen LogP contribution in [0.3, 0.4) is 0 Å². The average Bonchev–Trinajstić information content (AvgIpc) is 2.76. The van der Waals surface area contributed by atoms with E-state index in [1.165, 1.54) is 16.7 Å². The molecule has 1 aromatic heterocycles. The summed E-state index contributed by atoms with van der Waals surface area (Å²) in [6, 6.07) is -0.259. The van der Waals surface area contributed by atoms with Crippen molar-refractivity contribution >= 4 is 43.6 Å². The van der Waals surface area contributed by atoms with Gasteiger partial charge in [0.15, 0.2) is 20.1 Å². The number of nitrogens with one attached hydrogen (secondary N) is 2. The summed E-state index contributed by atoms with van der Waals surface area (Å²) in [7, 11) is -3.05. The summed E-state index contributed by atoms with van der Waals surface area (Å²) in [6.45, 7) is 0. The second-order valence-corrected chi connectivity index (χ2v) is 6.43. The normalized spacial score (nSPS) is 21.9. The largest absolute Gasteiger partial charge is 0.355 e. The van der Waals surface area contributed by atoms with E-state index in [1.807, 2.05) is 5.38 Å². The third kappa shape index (κ3) is 3.00. The highest BCUT2D eigenvalue weighted by molar-refractivity contribution is 7.94. The Hall–Kier alpha value is -0.990. The van der Waals surface area contributed by atoms with Crippen LogP contribution in [0, 0.1) is 0 Å². The van der Waals surface area contributed by atoms with Gasteiger partial charge in [0.1, 0.15) is 0 Å². The molecule has 0 saturated heterocycles. The van der Waals surface area contributed by atoms with E-state index in [4.69, 9.17) is 12.2 Å². The molecule has 0 fully saturated rings. The minimum atomic E-state index is -3.05. The van der Waals surface area contributed by atoms with Crippen LogP contribution >= 0.6 is 23.6 Å². The predicted molar refractivity (Wildman–Crippen MR) is 68.2 cm³/mol. The zero-order chi connectivity index (χ0) is 11.6. The van der Waals surface area contributed by atoms with E-state index >= 15 is 0 Å². The molecule has 1 aromatic rings. The summed E-state index contributed by atoms with van der Waals surface area (Å²) in [4.78, 5) is 4.00. The first-order valence-electron chi connectivity index (χ1n) is 4.43. The summed E-state index contributed by atoms with van der Waals surface area (Å²) in [5.41, 5.74) is 0. The van der Waals surface area contributed by atoms with Crippen molar-refractivity contribution in [2.75, 3.05) is 11.1 Å². The number of sulfone groups is 1. The third-order valence-corrected chi connectivity index (χ3v) is 4.20. The van der Waals surface area contributed by atoms with Gasteiger partial charge in [0, 0.05) is 17.0 Å². The van der Waals surface area contributed by atoms with E-state index in [9.17, 15) is 8.42 Å². The van der Waals surface area contributed by atoms with Crippen molar-refractivity contribution in [2.45, 2.75) is 6.04 Å². The van der Waals surface area contributed by atoms with E-state index < -0.39 is 9.84 Å². The fourth-order valence-corrected chi connectivity index (χ4v) is 3.33. The van der Waals surface area contributed by atoms with Gasteiger partial charge in [-0.1, -0.05) is 0 Å². The van der Waals surface area contributed by atoms with E-state index in [0.717, 1.165) is 0 Å². The monoisotopic (exact) mass is 275 g/mol. The van der Waals surface area contributed by atoms with Crippen LogP contribution < -0.4 is 10.6 Å². The molecule has 86 valence electrons. The van der Waals surface area contributed by atoms with Crippen LogP contribution in [0.2, 0.25) is 0 Å². The Morgan fingerprint density at radius 1 is 1.62 bits per heavy atom. The number of aromatic nitrogens is 1. The molecule has 2 rings (SSSR count). The summed E-state index contributed by atoms with van der Waals surface area (Å²) < 4.78 is 22.3. The predicted octanol–water partition coefficient (Wildman–Crippen LogP) is 0.740. The Bertz CT molecular complexity index is 507. The zero-order valence-corrected chi connectivity index (χ0v) is 10.5. The van der Waals surface area contributed by atoms with E-state index in [-0.39, 0.29) is 11.8 Å². The molecule has 0 aliphatic carbocycles. The second kappa shape index (κ2) is 4.48. The second-order valence-electron chi connectivity index (χ2n) is 3.20. The molecule has 8 heteroatoms. The first-order valence-corrected chi connectivity index (χ1v) is 7.43. The molecule has 5 nitrogen and oxygen atoms in total. The van der Waals surface area contributed by atoms with Gasteiger partial charge in [-0.2, -0.15) is 0 Å². The van der Waals surface area contributed by atoms with Crippen molar-refractivity contribution in [2.24, 2.45) is 0 Å². The van der Waals surface area contributed by atoms with Gasteiger partial charge >= 0.3 is 0 Å². The van der Waals surface area contributed by atoms with E-state index in [0.29, 0.717) is 10.2 Å². The molecule has 2 N–H and O–H groups in total. The van der Waals surface area contributed by atoms with E-state index in [2.05, 4.69) is 15.6 Å². The van der Waals surface area contributed by atoms with Crippen molar-refractivity contribution in [3.05, 3.63) is 23.1 Å². The van der Waals surface area contributed by atoms with Gasteiger partial charge in [-0.25, -0.2) is 13.4 Å². The van der Waals surface area contributed by atoms with Gasteiger partial charge in [0.2, 0.25) is 0 Å². The van der Waals surface area contributed by atoms with Crippen LogP contribution in [0.1, 0.15) is 0 Å². The summed E-state index contributed by atoms with van der Waals surface area (Å²) >= 11 is 6.45. The molecule has 1 unspecified atom stereocenters. The first kappa shape index (κ1) is 11.5. The first-order chi connectivity index (χ1) is 7.55. The molecule has 0 spiro atoms. The molecule has 0 saturated carbocycles. The molecule has 0 bridgehead atoms. The minimum absolute atomic E-state index is 0.0483. The number of hydrogen-bond donors (Lipinski definition) is 2. The van der Waals surface area contributed by atoms with Gasteiger partial charge in [0.25, 0.3) is 0 Å². The summed E-state index contributed by atoms with van der Waals surface area (Å²) in [6.07, 6.45) is 3.25. The van der Waals surface area contributed by atoms with Crippen LogP contribution in [-0.2, 0) is 9.84 Å². The van der Waals surface area contributed by atoms with Crippen molar-refractivity contribution in [1.29, 1.82) is 0 Å². The van der Waals surface area contributed by atoms with Crippen LogP contribution in [0.15, 0.2) is 23.1 Å². The van der Waals surface area contributed by atoms with Crippen LogP contribution in [0.4, 0.5) is 5.13 Å². The minimum Gasteiger partial charge on any atom is -0.355 e. The molecule has 0 aromatic carbocycles. The van der Waals surface area contributed by atoms with Gasteiger partial charge in [-0.05, 0) is 18.3 Å². The number of thiocarbonyl (C=S) groups is 1. The molecular formula is C8H9N3O2S3. The van der Waals surface area contributed by atoms with Gasteiger partial charge in [0.05, 0.1) is 11.8 Å². The lowest BCUT2D eigenvalue weighted by Gasteiger charge is -2.12. The lowest BCUT2D eigenvalue weighted by atomic mass is 10.3. The molecule has 1 aliphatic rings. The topological polar surface area (TPSA) is 71.1 Å². The van der Waals surface area contributed by atoms with Crippen molar-refractivity contribution < 1.29 is 8.42 Å². The number of thiazole rings is 1. The Morgan fingerprint density at radius 2 is 2.44 bits per heavy atom. The Kier molecular flexibility index (Phi) is 3.22. The Labute approximate surface area is 103 Å². The van der Waals surface area contributed by atoms with Crippen LogP contribution in [-0.4, -0.2) is 30.3 Å². The third-order valence-electron chi connectivity index (χ3n) is 1.90. The summed E-state index contributed by atoms with van der Waals surface area (Å²) in [5, 5.41) is 9.86. The molecule has 0 amide bonds. The Balaban J connectivity index is 1.88. The maximum Gasteiger partial charge on any atom is 0.188 e. The lowest BCUT2D eigenvalue weighted by molar-refractivity contribution is 0.603. The van der Waals surface area contributed by atoms with E-state index in [1.54, 1.807) is 12.3 Å². The number of nitrogens with zero attached hydrogens (tertiary/aromatic N) is 1. The van der Waals surface area contributed by atoms with Crippen LogP contribution in [0.25, 0.3) is 0 Å². The van der Waals surface area contributed by atoms with Gasteiger partial charge < -0.3 is 10.6 Å². The lowest BCUT2D eigenvalue weighted by Crippen LogP contribution is -2.38. The molecule has 16 heavy (non-hydrogen) atoms. The van der Waals surface area contributed by atoms with Gasteiger partial charge in [-0.3, -0.25) is 0 Å². The van der Waals surface area contributed by atoms with Crippen LogP contribution in [0.5, 0.6) is 0 Å². The molecule has 1 atom stereocenters. The number of hydrogen-bond acceptors (Lipinski definition) is 5. The molecule has 2 heterocycles. The maximum atomic E-state index is 11.1. The average molecular weight is 275 g/mol. The Morgan fingerprint density at radius 3 is 3.00 bits per heavy atom. The zero-order valence-electron chi connectivity index (χ0n) is 8.08. The molecule has 1 aliphatic heterocycles.